The fourth-order valence-corrected chi connectivity index (χ4v) is 2.24. The average Bonchev–Trinajstić information content (AvgIpc) is 3.07. The highest BCUT2D eigenvalue weighted by atomic mass is 19.1. The number of carbonyl (C=O) groups excluding carboxylic acids is 1. The average molecular weight is 359 g/mol. The van der Waals surface area contributed by atoms with Crippen molar-refractivity contribution in [3.8, 4) is 17.1 Å². The van der Waals surface area contributed by atoms with Crippen LogP contribution in [0, 0.1) is 18.6 Å². The van der Waals surface area contributed by atoms with Gasteiger partial charge in [0, 0.05) is 12.1 Å². The van der Waals surface area contributed by atoms with Gasteiger partial charge < -0.3 is 14.0 Å². The first-order valence-corrected chi connectivity index (χ1v) is 7.77. The van der Waals surface area contributed by atoms with E-state index in [2.05, 4.69) is 5.16 Å². The molecule has 0 spiro atoms. The summed E-state index contributed by atoms with van der Waals surface area (Å²) in [5, 5.41) is 3.70. The molecule has 0 aliphatic carbocycles. The van der Waals surface area contributed by atoms with E-state index in [4.69, 9.17) is 14.0 Å². The molecule has 1 heterocycles. The monoisotopic (exact) mass is 359 g/mol. The van der Waals surface area contributed by atoms with Crippen molar-refractivity contribution < 1.29 is 27.6 Å². The maximum absolute atomic E-state index is 13.7. The van der Waals surface area contributed by atoms with Crippen molar-refractivity contribution >= 4 is 5.97 Å². The minimum Gasteiger partial charge on any atom is -0.482 e. The molecule has 0 fully saturated rings. The number of ether oxygens (including phenoxy) is 2. The molecule has 0 atom stereocenters. The van der Waals surface area contributed by atoms with Gasteiger partial charge in [0.2, 0.25) is 0 Å². The van der Waals surface area contributed by atoms with E-state index in [-0.39, 0.29) is 24.5 Å². The fourth-order valence-electron chi connectivity index (χ4n) is 2.24. The van der Waals surface area contributed by atoms with E-state index >= 15 is 0 Å². The van der Waals surface area contributed by atoms with Crippen molar-refractivity contribution in [2.75, 3.05) is 6.61 Å². The van der Waals surface area contributed by atoms with Gasteiger partial charge in [-0.3, -0.25) is 0 Å². The van der Waals surface area contributed by atoms with E-state index in [1.165, 1.54) is 12.1 Å². The van der Waals surface area contributed by atoms with Gasteiger partial charge in [0.1, 0.15) is 29.7 Å². The first-order valence-electron chi connectivity index (χ1n) is 7.77. The van der Waals surface area contributed by atoms with Crippen LogP contribution in [0.2, 0.25) is 0 Å². The van der Waals surface area contributed by atoms with Crippen LogP contribution in [0.5, 0.6) is 5.75 Å². The molecule has 0 saturated carbocycles. The van der Waals surface area contributed by atoms with Crippen LogP contribution in [-0.4, -0.2) is 17.7 Å². The molecule has 0 bridgehead atoms. The number of hydrogen-bond acceptors (Lipinski definition) is 5. The standard InChI is InChI=1S/C19H15F2NO4/c1-12-3-2-4-15(7-12)24-11-19(23)25-10-14-9-18(26-22-14)16-6-5-13(20)8-17(16)21/h2-9H,10-11H2,1H3. The number of carbonyl (C=O) groups is 1. The molecular weight excluding hydrogens is 344 g/mol. The predicted molar refractivity (Wildman–Crippen MR) is 88.3 cm³/mol. The Balaban J connectivity index is 1.53. The highest BCUT2D eigenvalue weighted by Gasteiger charge is 2.13. The van der Waals surface area contributed by atoms with Crippen molar-refractivity contribution in [1.82, 2.24) is 5.16 Å². The molecule has 3 aromatic rings. The Kier molecular flexibility index (Phi) is 5.26. The third-order valence-corrected chi connectivity index (χ3v) is 3.48. The molecule has 0 radical (unpaired) electrons. The lowest BCUT2D eigenvalue weighted by molar-refractivity contribution is -0.147. The van der Waals surface area contributed by atoms with Gasteiger partial charge in [0.15, 0.2) is 12.4 Å². The lowest BCUT2D eigenvalue weighted by Crippen LogP contribution is -2.14. The predicted octanol–water partition coefficient (Wildman–Crippen LogP) is 4.05. The van der Waals surface area contributed by atoms with Crippen LogP contribution in [0.1, 0.15) is 11.3 Å². The molecule has 5 nitrogen and oxygen atoms in total. The maximum Gasteiger partial charge on any atom is 0.344 e. The fraction of sp³-hybridized carbons (Fsp3) is 0.158. The summed E-state index contributed by atoms with van der Waals surface area (Å²) in [5.41, 5.74) is 1.38. The van der Waals surface area contributed by atoms with Gasteiger partial charge in [-0.1, -0.05) is 17.3 Å². The van der Waals surface area contributed by atoms with Crippen LogP contribution in [0.3, 0.4) is 0 Å². The Bertz CT molecular complexity index is 923. The summed E-state index contributed by atoms with van der Waals surface area (Å²) in [7, 11) is 0. The van der Waals surface area contributed by atoms with E-state index in [9.17, 15) is 13.6 Å². The van der Waals surface area contributed by atoms with E-state index in [0.717, 1.165) is 17.7 Å². The second kappa shape index (κ2) is 7.77. The molecule has 134 valence electrons. The van der Waals surface area contributed by atoms with E-state index < -0.39 is 17.6 Å². The van der Waals surface area contributed by atoms with Crippen molar-refractivity contribution in [3.05, 3.63) is 71.4 Å². The molecule has 0 aliphatic heterocycles. The summed E-state index contributed by atoms with van der Waals surface area (Å²) in [5.74, 6) is -1.35. The molecule has 0 N–H and O–H groups in total. The molecule has 0 saturated heterocycles. The highest BCUT2D eigenvalue weighted by Crippen LogP contribution is 2.24. The zero-order valence-electron chi connectivity index (χ0n) is 13.9. The first-order chi connectivity index (χ1) is 12.5. The Labute approximate surface area is 148 Å². The van der Waals surface area contributed by atoms with Crippen LogP contribution in [0.15, 0.2) is 53.1 Å². The van der Waals surface area contributed by atoms with Gasteiger partial charge >= 0.3 is 5.97 Å². The van der Waals surface area contributed by atoms with Crippen LogP contribution >= 0.6 is 0 Å². The van der Waals surface area contributed by atoms with Crippen molar-refractivity contribution in [3.63, 3.8) is 0 Å². The maximum atomic E-state index is 13.7. The first kappa shape index (κ1) is 17.6. The van der Waals surface area contributed by atoms with Crippen LogP contribution < -0.4 is 4.74 Å². The van der Waals surface area contributed by atoms with Crippen LogP contribution in [-0.2, 0) is 16.1 Å². The van der Waals surface area contributed by atoms with Gasteiger partial charge in [0.25, 0.3) is 0 Å². The minimum absolute atomic E-state index is 0.0688. The Morgan fingerprint density at radius 1 is 1.15 bits per heavy atom. The number of hydrogen-bond donors (Lipinski definition) is 0. The molecule has 0 amide bonds. The number of esters is 1. The summed E-state index contributed by atoms with van der Waals surface area (Å²) < 4.78 is 42.0. The Morgan fingerprint density at radius 3 is 2.77 bits per heavy atom. The van der Waals surface area contributed by atoms with Gasteiger partial charge in [-0.15, -0.1) is 0 Å². The van der Waals surface area contributed by atoms with E-state index in [1.54, 1.807) is 12.1 Å². The molecule has 3 rings (SSSR count). The number of halogens is 2. The number of nitrogens with zero attached hydrogens (tertiary/aromatic N) is 1. The zero-order valence-corrected chi connectivity index (χ0v) is 13.9. The second-order valence-electron chi connectivity index (χ2n) is 5.57. The molecule has 7 heteroatoms. The molecule has 1 aromatic heterocycles. The Morgan fingerprint density at radius 2 is 2.00 bits per heavy atom. The molecular formula is C19H15F2NO4. The lowest BCUT2D eigenvalue weighted by Gasteiger charge is -2.06. The molecule has 0 unspecified atom stereocenters. The van der Waals surface area contributed by atoms with Gasteiger partial charge in [-0.2, -0.15) is 0 Å². The van der Waals surface area contributed by atoms with Gasteiger partial charge in [-0.05, 0) is 36.8 Å². The number of aromatic nitrogens is 1. The summed E-state index contributed by atoms with van der Waals surface area (Å²) in [6, 6.07) is 11.8. The summed E-state index contributed by atoms with van der Waals surface area (Å²) in [6.45, 7) is 1.51. The number of benzene rings is 2. The second-order valence-corrected chi connectivity index (χ2v) is 5.57. The largest absolute Gasteiger partial charge is 0.482 e. The normalized spacial score (nSPS) is 10.6. The van der Waals surface area contributed by atoms with Crippen molar-refractivity contribution in [1.29, 1.82) is 0 Å². The number of aryl methyl sites for hydroxylation is 1. The van der Waals surface area contributed by atoms with E-state index in [1.807, 2.05) is 19.1 Å². The third-order valence-electron chi connectivity index (χ3n) is 3.48. The smallest absolute Gasteiger partial charge is 0.344 e. The quantitative estimate of drug-likeness (QED) is 0.622. The Hall–Kier alpha value is -3.22. The third kappa shape index (κ3) is 4.44. The van der Waals surface area contributed by atoms with E-state index in [0.29, 0.717) is 11.4 Å². The topological polar surface area (TPSA) is 61.6 Å². The summed E-state index contributed by atoms with van der Waals surface area (Å²) >= 11 is 0. The zero-order chi connectivity index (χ0) is 18.5. The molecule has 26 heavy (non-hydrogen) atoms. The highest BCUT2D eigenvalue weighted by molar-refractivity contribution is 5.71. The molecule has 2 aromatic carbocycles. The molecule has 0 aliphatic rings. The number of rotatable bonds is 6. The minimum atomic E-state index is -0.767. The van der Waals surface area contributed by atoms with Gasteiger partial charge in [-0.25, -0.2) is 13.6 Å². The summed E-state index contributed by atoms with van der Waals surface area (Å²) in [6.07, 6.45) is 0. The SMILES string of the molecule is Cc1cccc(OCC(=O)OCc2cc(-c3ccc(F)cc3F)on2)c1. The lowest BCUT2D eigenvalue weighted by atomic mass is 10.1. The summed E-state index contributed by atoms with van der Waals surface area (Å²) in [4.78, 5) is 11.7. The van der Waals surface area contributed by atoms with Gasteiger partial charge in [0.05, 0.1) is 5.56 Å². The van der Waals surface area contributed by atoms with Crippen molar-refractivity contribution in [2.45, 2.75) is 13.5 Å². The van der Waals surface area contributed by atoms with Crippen LogP contribution in [0.25, 0.3) is 11.3 Å². The van der Waals surface area contributed by atoms with Crippen molar-refractivity contribution in [2.24, 2.45) is 0 Å². The van der Waals surface area contributed by atoms with Crippen LogP contribution in [0.4, 0.5) is 8.78 Å².